The maximum absolute atomic E-state index is 12.2. The van der Waals surface area contributed by atoms with Gasteiger partial charge >= 0.3 is 0 Å². The van der Waals surface area contributed by atoms with Crippen LogP contribution in [0, 0.1) is 16.7 Å². The molecule has 0 unspecified atom stereocenters. The summed E-state index contributed by atoms with van der Waals surface area (Å²) in [6.45, 7) is 2.48. The highest BCUT2D eigenvalue weighted by molar-refractivity contribution is 5.85. The Bertz CT molecular complexity index is 366. The zero-order valence-corrected chi connectivity index (χ0v) is 12.4. The van der Waals surface area contributed by atoms with Gasteiger partial charge in [0.25, 0.3) is 0 Å². The summed E-state index contributed by atoms with van der Waals surface area (Å²) in [5.74, 6) is -0.122. The Hall–Kier alpha value is -1.12. The minimum atomic E-state index is -0.871. The lowest BCUT2D eigenvalue weighted by atomic mass is 9.81. The molecule has 1 saturated carbocycles. The summed E-state index contributed by atoms with van der Waals surface area (Å²) >= 11 is 0. The molecule has 1 heterocycles. The molecule has 0 aromatic heterocycles. The Morgan fingerprint density at radius 2 is 2.05 bits per heavy atom. The fraction of sp³-hybridized carbons (Fsp3) is 0.867. The number of nitriles is 1. The molecule has 1 aliphatic carbocycles. The van der Waals surface area contributed by atoms with Crippen molar-refractivity contribution in [2.24, 2.45) is 5.41 Å². The number of carbonyl (C=O) groups is 1. The lowest BCUT2D eigenvalue weighted by Gasteiger charge is -2.30. The molecule has 20 heavy (non-hydrogen) atoms. The first-order valence-electron chi connectivity index (χ1n) is 7.65. The fourth-order valence-electron chi connectivity index (χ4n) is 3.15. The number of nitrogens with zero attached hydrogens (tertiary/aromatic N) is 2. The lowest BCUT2D eigenvalue weighted by molar-refractivity contribution is -0.132. The highest BCUT2D eigenvalue weighted by Gasteiger charge is 2.40. The van der Waals surface area contributed by atoms with Gasteiger partial charge in [0.05, 0.1) is 6.07 Å². The minimum Gasteiger partial charge on any atom is -0.381 e. The van der Waals surface area contributed by atoms with Gasteiger partial charge < -0.3 is 15.0 Å². The third kappa shape index (κ3) is 3.50. The molecule has 0 spiro atoms. The molecule has 112 valence electrons. The quantitative estimate of drug-likeness (QED) is 0.824. The van der Waals surface area contributed by atoms with E-state index < -0.39 is 5.41 Å². The average molecular weight is 279 g/mol. The van der Waals surface area contributed by atoms with E-state index >= 15 is 0 Å². The van der Waals surface area contributed by atoms with E-state index in [0.717, 1.165) is 6.54 Å². The number of rotatable bonds is 5. The van der Waals surface area contributed by atoms with Crippen molar-refractivity contribution in [1.29, 1.82) is 5.26 Å². The van der Waals surface area contributed by atoms with Crippen molar-refractivity contribution in [3.63, 3.8) is 0 Å². The molecule has 5 nitrogen and oxygen atoms in total. The molecule has 1 saturated heterocycles. The van der Waals surface area contributed by atoms with Gasteiger partial charge in [0.1, 0.15) is 5.41 Å². The summed E-state index contributed by atoms with van der Waals surface area (Å²) in [6.07, 6.45) is 6.19. The molecule has 2 rings (SSSR count). The predicted molar refractivity (Wildman–Crippen MR) is 76.0 cm³/mol. The van der Waals surface area contributed by atoms with Crippen LogP contribution >= 0.6 is 0 Å². The molecule has 0 bridgehead atoms. The van der Waals surface area contributed by atoms with Gasteiger partial charge in [-0.1, -0.05) is 12.8 Å². The average Bonchev–Trinajstić information content (AvgIpc) is 3.02. The van der Waals surface area contributed by atoms with Gasteiger partial charge in [-0.25, -0.2) is 0 Å². The van der Waals surface area contributed by atoms with Crippen LogP contribution in [0.2, 0.25) is 0 Å². The Morgan fingerprint density at radius 3 is 2.65 bits per heavy atom. The van der Waals surface area contributed by atoms with Crippen LogP contribution in [0.15, 0.2) is 0 Å². The van der Waals surface area contributed by atoms with E-state index in [0.29, 0.717) is 38.6 Å². The van der Waals surface area contributed by atoms with Crippen LogP contribution in [0.25, 0.3) is 0 Å². The van der Waals surface area contributed by atoms with Crippen LogP contribution in [0.3, 0.4) is 0 Å². The van der Waals surface area contributed by atoms with E-state index in [2.05, 4.69) is 23.3 Å². The predicted octanol–water partition coefficient (Wildman–Crippen LogP) is 1.30. The third-order valence-electron chi connectivity index (χ3n) is 4.69. The van der Waals surface area contributed by atoms with E-state index in [-0.39, 0.29) is 5.91 Å². The van der Waals surface area contributed by atoms with Crippen molar-refractivity contribution in [2.75, 3.05) is 33.4 Å². The molecular weight excluding hydrogens is 254 g/mol. The summed E-state index contributed by atoms with van der Waals surface area (Å²) in [4.78, 5) is 14.6. The molecule has 2 aliphatic rings. The number of hydrogen-bond acceptors (Lipinski definition) is 4. The standard InChI is InChI=1S/C15H25N3O2/c1-18(13-4-2-3-5-13)9-8-17-14(19)15(12-16)6-10-20-11-7-15/h13H,2-11H2,1H3,(H,17,19). The molecule has 0 aromatic rings. The fourth-order valence-corrected chi connectivity index (χ4v) is 3.15. The van der Waals surface area contributed by atoms with Gasteiger partial charge in [-0.15, -0.1) is 0 Å². The number of ether oxygens (including phenoxy) is 1. The molecule has 0 aromatic carbocycles. The zero-order valence-electron chi connectivity index (χ0n) is 12.4. The molecule has 1 N–H and O–H groups in total. The van der Waals surface area contributed by atoms with Crippen molar-refractivity contribution < 1.29 is 9.53 Å². The smallest absolute Gasteiger partial charge is 0.240 e. The van der Waals surface area contributed by atoms with E-state index in [1.54, 1.807) is 0 Å². The summed E-state index contributed by atoms with van der Waals surface area (Å²) in [7, 11) is 2.12. The van der Waals surface area contributed by atoms with Crippen molar-refractivity contribution in [3.8, 4) is 6.07 Å². The van der Waals surface area contributed by atoms with Gasteiger partial charge in [0.2, 0.25) is 5.91 Å². The van der Waals surface area contributed by atoms with Gasteiger partial charge in [-0.3, -0.25) is 4.79 Å². The van der Waals surface area contributed by atoms with Crippen LogP contribution in [0.4, 0.5) is 0 Å². The molecule has 0 atom stereocenters. The van der Waals surface area contributed by atoms with E-state index in [4.69, 9.17) is 4.74 Å². The summed E-state index contributed by atoms with van der Waals surface area (Å²) < 4.78 is 5.25. The van der Waals surface area contributed by atoms with Crippen molar-refractivity contribution in [2.45, 2.75) is 44.6 Å². The number of hydrogen-bond donors (Lipinski definition) is 1. The van der Waals surface area contributed by atoms with Crippen LogP contribution < -0.4 is 5.32 Å². The Kier molecular flexibility index (Phi) is 5.38. The van der Waals surface area contributed by atoms with Crippen LogP contribution in [0.5, 0.6) is 0 Å². The van der Waals surface area contributed by atoms with E-state index in [1.165, 1.54) is 25.7 Å². The number of nitrogens with one attached hydrogen (secondary N) is 1. The van der Waals surface area contributed by atoms with Crippen LogP contribution in [0.1, 0.15) is 38.5 Å². The van der Waals surface area contributed by atoms with Crippen molar-refractivity contribution >= 4 is 5.91 Å². The number of likely N-dealkylation sites (N-methyl/N-ethyl adjacent to an activating group) is 1. The van der Waals surface area contributed by atoms with Gasteiger partial charge in [0, 0.05) is 32.3 Å². The second-order valence-electron chi connectivity index (χ2n) is 5.98. The minimum absolute atomic E-state index is 0.122. The second kappa shape index (κ2) is 7.05. The third-order valence-corrected chi connectivity index (χ3v) is 4.69. The normalized spacial score (nSPS) is 22.6. The van der Waals surface area contributed by atoms with E-state index in [1.807, 2.05) is 0 Å². The maximum Gasteiger partial charge on any atom is 0.240 e. The SMILES string of the molecule is CN(CCNC(=O)C1(C#N)CCOCC1)C1CCCC1. The van der Waals surface area contributed by atoms with Gasteiger partial charge in [-0.05, 0) is 32.7 Å². The molecule has 1 amide bonds. The molecule has 1 aliphatic heterocycles. The Labute approximate surface area is 121 Å². The molecular formula is C15H25N3O2. The summed E-state index contributed by atoms with van der Waals surface area (Å²) in [5, 5.41) is 12.3. The van der Waals surface area contributed by atoms with Crippen molar-refractivity contribution in [1.82, 2.24) is 10.2 Å². The van der Waals surface area contributed by atoms with Crippen LogP contribution in [-0.2, 0) is 9.53 Å². The first-order chi connectivity index (χ1) is 9.68. The van der Waals surface area contributed by atoms with Gasteiger partial charge in [-0.2, -0.15) is 5.26 Å². The first kappa shape index (κ1) is 15.3. The van der Waals surface area contributed by atoms with Gasteiger partial charge in [0.15, 0.2) is 0 Å². The van der Waals surface area contributed by atoms with E-state index in [9.17, 15) is 10.1 Å². The zero-order chi connectivity index (χ0) is 14.4. The largest absolute Gasteiger partial charge is 0.381 e. The summed E-state index contributed by atoms with van der Waals surface area (Å²) in [5.41, 5.74) is -0.871. The monoisotopic (exact) mass is 279 g/mol. The Morgan fingerprint density at radius 1 is 1.40 bits per heavy atom. The number of carbonyl (C=O) groups excluding carboxylic acids is 1. The van der Waals surface area contributed by atoms with Crippen molar-refractivity contribution in [3.05, 3.63) is 0 Å². The maximum atomic E-state index is 12.2. The highest BCUT2D eigenvalue weighted by atomic mass is 16.5. The molecule has 5 heteroatoms. The topological polar surface area (TPSA) is 65.4 Å². The highest BCUT2D eigenvalue weighted by Crippen LogP contribution is 2.29. The lowest BCUT2D eigenvalue weighted by Crippen LogP contribution is -2.46. The second-order valence-corrected chi connectivity index (χ2v) is 5.98. The molecule has 2 fully saturated rings. The molecule has 0 radical (unpaired) electrons. The summed E-state index contributed by atoms with van der Waals surface area (Å²) in [6, 6.07) is 2.87. The first-order valence-corrected chi connectivity index (χ1v) is 7.65. The number of amides is 1. The Balaban J connectivity index is 1.75. The van der Waals surface area contributed by atoms with Crippen LogP contribution in [-0.4, -0.2) is 50.2 Å².